The molecule has 2 rings (SSSR count). The van der Waals surface area contributed by atoms with Crippen LogP contribution in [0.3, 0.4) is 0 Å². The summed E-state index contributed by atoms with van der Waals surface area (Å²) in [6.45, 7) is 2.47. The lowest BCUT2D eigenvalue weighted by atomic mass is 9.98. The SMILES string of the molecule is Cc1c(C(=O)N(C)CC(=O)N2CCCC(C(=O)O)C2)cnn1C. The van der Waals surface area contributed by atoms with Gasteiger partial charge in [0.2, 0.25) is 5.91 Å². The largest absolute Gasteiger partial charge is 0.481 e. The molecule has 1 aromatic rings. The maximum atomic E-state index is 12.4. The predicted molar refractivity (Wildman–Crippen MR) is 81.8 cm³/mol. The number of hydrogen-bond donors (Lipinski definition) is 1. The molecule has 1 aliphatic rings. The summed E-state index contributed by atoms with van der Waals surface area (Å²) in [5.74, 6) is -1.89. The first-order valence-electron chi connectivity index (χ1n) is 7.56. The van der Waals surface area contributed by atoms with Crippen LogP contribution in [0.4, 0.5) is 0 Å². The lowest BCUT2D eigenvalue weighted by Gasteiger charge is -2.32. The van der Waals surface area contributed by atoms with Crippen molar-refractivity contribution >= 4 is 17.8 Å². The van der Waals surface area contributed by atoms with Gasteiger partial charge < -0.3 is 14.9 Å². The number of carboxylic acid groups (broad SMARTS) is 1. The molecule has 8 nitrogen and oxygen atoms in total. The van der Waals surface area contributed by atoms with E-state index in [0.717, 1.165) is 5.69 Å². The van der Waals surface area contributed by atoms with Gasteiger partial charge in [-0.25, -0.2) is 0 Å². The van der Waals surface area contributed by atoms with Crippen LogP contribution in [-0.2, 0) is 16.6 Å². The van der Waals surface area contributed by atoms with Gasteiger partial charge in [0.05, 0.1) is 24.2 Å². The van der Waals surface area contributed by atoms with Gasteiger partial charge in [0.25, 0.3) is 5.91 Å². The van der Waals surface area contributed by atoms with Crippen molar-refractivity contribution in [3.63, 3.8) is 0 Å². The molecule has 0 saturated carbocycles. The summed E-state index contributed by atoms with van der Waals surface area (Å²) in [6, 6.07) is 0. The van der Waals surface area contributed by atoms with Crippen LogP contribution < -0.4 is 0 Å². The minimum absolute atomic E-state index is 0.0699. The van der Waals surface area contributed by atoms with Gasteiger partial charge in [-0.15, -0.1) is 0 Å². The van der Waals surface area contributed by atoms with Crippen molar-refractivity contribution < 1.29 is 19.5 Å². The molecule has 2 heterocycles. The Balaban J connectivity index is 1.98. The molecule has 1 N–H and O–H groups in total. The van der Waals surface area contributed by atoms with Gasteiger partial charge in [0.1, 0.15) is 0 Å². The standard InChI is InChI=1S/C15H22N4O4/c1-10-12(7-16-18(10)3)14(21)17(2)9-13(20)19-6-4-5-11(8-19)15(22)23/h7,11H,4-6,8-9H2,1-3H3,(H,22,23). The quantitative estimate of drug-likeness (QED) is 0.849. The maximum Gasteiger partial charge on any atom is 0.308 e. The van der Waals surface area contributed by atoms with Crippen molar-refractivity contribution in [2.45, 2.75) is 19.8 Å². The van der Waals surface area contributed by atoms with Crippen molar-refractivity contribution in [1.82, 2.24) is 19.6 Å². The second-order valence-corrected chi connectivity index (χ2v) is 5.95. The van der Waals surface area contributed by atoms with Crippen molar-refractivity contribution in [3.05, 3.63) is 17.5 Å². The zero-order valence-corrected chi connectivity index (χ0v) is 13.7. The molecule has 2 amide bonds. The van der Waals surface area contributed by atoms with E-state index in [1.807, 2.05) is 0 Å². The highest BCUT2D eigenvalue weighted by molar-refractivity contribution is 5.97. The molecule has 1 fully saturated rings. The van der Waals surface area contributed by atoms with E-state index < -0.39 is 11.9 Å². The highest BCUT2D eigenvalue weighted by Gasteiger charge is 2.29. The van der Waals surface area contributed by atoms with Crippen LogP contribution in [0, 0.1) is 12.8 Å². The Morgan fingerprint density at radius 1 is 1.43 bits per heavy atom. The van der Waals surface area contributed by atoms with Gasteiger partial charge in [0.15, 0.2) is 0 Å². The summed E-state index contributed by atoms with van der Waals surface area (Å²) in [5.41, 5.74) is 1.20. The summed E-state index contributed by atoms with van der Waals surface area (Å²) < 4.78 is 1.60. The number of likely N-dealkylation sites (tertiary alicyclic amines) is 1. The van der Waals surface area contributed by atoms with E-state index in [9.17, 15) is 14.4 Å². The Bertz CT molecular complexity index is 625. The molecule has 0 radical (unpaired) electrons. The molecule has 1 aliphatic heterocycles. The summed E-state index contributed by atoms with van der Waals surface area (Å²) in [5, 5.41) is 13.1. The average Bonchev–Trinajstić information content (AvgIpc) is 2.86. The van der Waals surface area contributed by atoms with E-state index >= 15 is 0 Å². The van der Waals surface area contributed by atoms with Crippen molar-refractivity contribution in [2.24, 2.45) is 13.0 Å². The van der Waals surface area contributed by atoms with Crippen LogP contribution in [0.15, 0.2) is 6.20 Å². The molecule has 1 aromatic heterocycles. The molecule has 0 aliphatic carbocycles. The number of carbonyl (C=O) groups is 3. The van der Waals surface area contributed by atoms with E-state index in [0.29, 0.717) is 24.9 Å². The number of hydrogen-bond acceptors (Lipinski definition) is 4. The average molecular weight is 322 g/mol. The Morgan fingerprint density at radius 2 is 2.13 bits per heavy atom. The molecule has 23 heavy (non-hydrogen) atoms. The molecule has 126 valence electrons. The van der Waals surface area contributed by atoms with Gasteiger partial charge in [-0.05, 0) is 19.8 Å². The fourth-order valence-electron chi connectivity index (χ4n) is 2.69. The summed E-state index contributed by atoms with van der Waals surface area (Å²) in [6.07, 6.45) is 2.74. The Hall–Kier alpha value is -2.38. The van der Waals surface area contributed by atoms with Gasteiger partial charge in [-0.1, -0.05) is 0 Å². The fraction of sp³-hybridized carbons (Fsp3) is 0.600. The Kier molecular flexibility index (Phi) is 5.02. The monoisotopic (exact) mass is 322 g/mol. The van der Waals surface area contributed by atoms with Crippen LogP contribution in [-0.4, -0.2) is 69.2 Å². The van der Waals surface area contributed by atoms with Crippen LogP contribution >= 0.6 is 0 Å². The van der Waals surface area contributed by atoms with E-state index in [1.165, 1.54) is 16.0 Å². The normalized spacial score (nSPS) is 17.9. The van der Waals surface area contributed by atoms with Gasteiger partial charge in [-0.2, -0.15) is 5.10 Å². The highest BCUT2D eigenvalue weighted by Crippen LogP contribution is 2.17. The van der Waals surface area contributed by atoms with Crippen LogP contribution in [0.2, 0.25) is 0 Å². The number of rotatable bonds is 4. The Labute approximate surface area is 134 Å². The maximum absolute atomic E-state index is 12.4. The first kappa shape index (κ1) is 17.0. The fourth-order valence-corrected chi connectivity index (χ4v) is 2.69. The zero-order chi connectivity index (χ0) is 17.1. The number of piperidine rings is 1. The molecule has 0 aromatic carbocycles. The molecular formula is C15H22N4O4. The lowest BCUT2D eigenvalue weighted by molar-refractivity contribution is -0.145. The van der Waals surface area contributed by atoms with Crippen LogP contribution in [0.25, 0.3) is 0 Å². The van der Waals surface area contributed by atoms with Crippen LogP contribution in [0.1, 0.15) is 28.9 Å². The number of carbonyl (C=O) groups excluding carboxylic acids is 2. The van der Waals surface area contributed by atoms with Crippen molar-refractivity contribution in [3.8, 4) is 0 Å². The number of nitrogens with zero attached hydrogens (tertiary/aromatic N) is 4. The van der Waals surface area contributed by atoms with Gasteiger partial charge >= 0.3 is 5.97 Å². The van der Waals surface area contributed by atoms with E-state index in [-0.39, 0.29) is 24.9 Å². The summed E-state index contributed by atoms with van der Waals surface area (Å²) in [7, 11) is 3.31. The second kappa shape index (κ2) is 6.80. The van der Waals surface area contributed by atoms with E-state index in [1.54, 1.807) is 25.7 Å². The highest BCUT2D eigenvalue weighted by atomic mass is 16.4. The van der Waals surface area contributed by atoms with Crippen molar-refractivity contribution in [1.29, 1.82) is 0 Å². The summed E-state index contributed by atoms with van der Waals surface area (Å²) >= 11 is 0. The minimum atomic E-state index is -0.877. The molecule has 0 bridgehead atoms. The number of likely N-dealkylation sites (N-methyl/N-ethyl adjacent to an activating group) is 1. The topological polar surface area (TPSA) is 95.7 Å². The minimum Gasteiger partial charge on any atom is -0.481 e. The smallest absolute Gasteiger partial charge is 0.308 e. The van der Waals surface area contributed by atoms with Gasteiger partial charge in [-0.3, -0.25) is 19.1 Å². The first-order chi connectivity index (χ1) is 10.8. The lowest BCUT2D eigenvalue weighted by Crippen LogP contribution is -2.46. The first-order valence-corrected chi connectivity index (χ1v) is 7.56. The third-order valence-electron chi connectivity index (χ3n) is 4.31. The second-order valence-electron chi connectivity index (χ2n) is 5.95. The van der Waals surface area contributed by atoms with E-state index in [2.05, 4.69) is 5.10 Å². The zero-order valence-electron chi connectivity index (χ0n) is 13.7. The number of aryl methyl sites for hydroxylation is 1. The van der Waals surface area contributed by atoms with Crippen molar-refractivity contribution in [2.75, 3.05) is 26.7 Å². The Morgan fingerprint density at radius 3 is 2.70 bits per heavy atom. The number of carboxylic acids is 1. The molecular weight excluding hydrogens is 300 g/mol. The van der Waals surface area contributed by atoms with E-state index in [4.69, 9.17) is 5.11 Å². The molecule has 1 saturated heterocycles. The third-order valence-corrected chi connectivity index (χ3v) is 4.31. The molecule has 1 atom stereocenters. The molecule has 8 heteroatoms. The number of amides is 2. The van der Waals surface area contributed by atoms with Crippen LogP contribution in [0.5, 0.6) is 0 Å². The molecule has 1 unspecified atom stereocenters. The third kappa shape index (κ3) is 3.69. The number of aliphatic carboxylic acids is 1. The summed E-state index contributed by atoms with van der Waals surface area (Å²) in [4.78, 5) is 38.6. The number of aromatic nitrogens is 2. The van der Waals surface area contributed by atoms with Gasteiger partial charge in [0, 0.05) is 32.9 Å². The molecule has 0 spiro atoms. The predicted octanol–water partition coefficient (Wildman–Crippen LogP) is 0.124.